The Kier molecular flexibility index (Phi) is 4.29. The third kappa shape index (κ3) is 2.83. The van der Waals surface area contributed by atoms with Gasteiger partial charge in [-0.25, -0.2) is 0 Å². The Morgan fingerprint density at radius 2 is 2.24 bits per heavy atom. The van der Waals surface area contributed by atoms with Crippen molar-refractivity contribution in [2.45, 2.75) is 25.8 Å². The highest BCUT2D eigenvalue weighted by atomic mass is 16.5. The second kappa shape index (κ2) is 6.35. The number of piperidine rings is 1. The van der Waals surface area contributed by atoms with Crippen molar-refractivity contribution in [3.8, 4) is 11.5 Å². The van der Waals surface area contributed by atoms with Crippen molar-refractivity contribution in [1.29, 1.82) is 0 Å². The smallest absolute Gasteiger partial charge is 0.161 e. The summed E-state index contributed by atoms with van der Waals surface area (Å²) < 4.78 is 11.2. The Hall–Kier alpha value is -1.75. The molecule has 0 saturated carbocycles. The van der Waals surface area contributed by atoms with E-state index in [1.54, 1.807) is 7.11 Å². The Bertz CT molecular complexity index is 530. The largest absolute Gasteiger partial charge is 0.493 e. The molecule has 2 heterocycles. The molecule has 5 nitrogen and oxygen atoms in total. The van der Waals surface area contributed by atoms with Crippen LogP contribution in [0.2, 0.25) is 0 Å². The molecule has 0 aromatic heterocycles. The highest BCUT2D eigenvalue weighted by molar-refractivity contribution is 5.89. The first kappa shape index (κ1) is 14.2. The summed E-state index contributed by atoms with van der Waals surface area (Å²) in [6.45, 7) is 4.80. The van der Waals surface area contributed by atoms with Crippen molar-refractivity contribution >= 4 is 5.71 Å². The number of hydrogen-bond donors (Lipinski definition) is 2. The Balaban J connectivity index is 1.82. The van der Waals surface area contributed by atoms with E-state index in [4.69, 9.17) is 9.47 Å². The van der Waals surface area contributed by atoms with E-state index < -0.39 is 0 Å². The topological polar surface area (TPSA) is 54.9 Å². The van der Waals surface area contributed by atoms with Crippen LogP contribution in [-0.4, -0.2) is 32.5 Å². The molecule has 0 radical (unpaired) electrons. The Morgan fingerprint density at radius 3 is 3.05 bits per heavy atom. The van der Waals surface area contributed by atoms with Crippen LogP contribution in [0.15, 0.2) is 23.3 Å². The van der Waals surface area contributed by atoms with Crippen molar-refractivity contribution in [3.05, 3.63) is 23.8 Å². The van der Waals surface area contributed by atoms with E-state index in [0.717, 1.165) is 37.4 Å². The minimum Gasteiger partial charge on any atom is -0.493 e. The second-order valence-corrected chi connectivity index (χ2v) is 5.53. The summed E-state index contributed by atoms with van der Waals surface area (Å²) in [7, 11) is 1.67. The minimum absolute atomic E-state index is 0.225. The predicted molar refractivity (Wildman–Crippen MR) is 83.1 cm³/mol. The van der Waals surface area contributed by atoms with Gasteiger partial charge in [0.2, 0.25) is 0 Å². The fraction of sp³-hybridized carbons (Fsp3) is 0.562. The summed E-state index contributed by atoms with van der Waals surface area (Å²) in [4.78, 5) is 0. The molecule has 3 rings (SSSR count). The van der Waals surface area contributed by atoms with E-state index in [1.807, 2.05) is 6.07 Å². The van der Waals surface area contributed by atoms with Crippen molar-refractivity contribution in [2.75, 3.05) is 26.8 Å². The summed E-state index contributed by atoms with van der Waals surface area (Å²) in [6, 6.07) is 6.39. The lowest BCUT2D eigenvalue weighted by molar-refractivity contribution is 0.293. The van der Waals surface area contributed by atoms with E-state index in [-0.39, 0.29) is 6.04 Å². The molecule has 1 aromatic carbocycles. The zero-order chi connectivity index (χ0) is 14.7. The lowest BCUT2D eigenvalue weighted by Gasteiger charge is -2.25. The standard InChI is InChI=1S/C16H23N3O2/c1-3-8-21-15-9-11(4-5-14(15)20-2)16-12-10-17-7-6-13(12)18-19-16/h4-5,9,12,16-17,19H,3,6-8,10H2,1-2H3. The van der Waals surface area contributed by atoms with Gasteiger partial charge in [-0.3, -0.25) is 0 Å². The van der Waals surface area contributed by atoms with E-state index in [0.29, 0.717) is 12.5 Å². The van der Waals surface area contributed by atoms with Crippen LogP contribution >= 0.6 is 0 Å². The molecule has 5 heteroatoms. The molecule has 2 unspecified atom stereocenters. The average molecular weight is 289 g/mol. The fourth-order valence-electron chi connectivity index (χ4n) is 2.99. The quantitative estimate of drug-likeness (QED) is 0.871. The number of rotatable bonds is 5. The van der Waals surface area contributed by atoms with Crippen LogP contribution in [0.5, 0.6) is 11.5 Å². The minimum atomic E-state index is 0.225. The fourth-order valence-corrected chi connectivity index (χ4v) is 2.99. The van der Waals surface area contributed by atoms with Crippen LogP contribution in [-0.2, 0) is 0 Å². The van der Waals surface area contributed by atoms with Gasteiger partial charge in [0.25, 0.3) is 0 Å². The molecule has 1 aromatic rings. The van der Waals surface area contributed by atoms with Crippen molar-refractivity contribution in [1.82, 2.24) is 10.7 Å². The van der Waals surface area contributed by atoms with Gasteiger partial charge in [0.1, 0.15) is 0 Å². The number of methoxy groups -OCH3 is 1. The van der Waals surface area contributed by atoms with Gasteiger partial charge < -0.3 is 20.2 Å². The first-order valence-electron chi connectivity index (χ1n) is 7.67. The molecule has 0 spiro atoms. The number of nitrogens with zero attached hydrogens (tertiary/aromatic N) is 1. The maximum absolute atomic E-state index is 5.81. The van der Waals surface area contributed by atoms with Crippen molar-refractivity contribution in [3.63, 3.8) is 0 Å². The highest BCUT2D eigenvalue weighted by Crippen LogP contribution is 2.35. The summed E-state index contributed by atoms with van der Waals surface area (Å²) in [6.07, 6.45) is 2.01. The maximum atomic E-state index is 5.81. The lowest BCUT2D eigenvalue weighted by atomic mass is 9.87. The normalized spacial score (nSPS) is 24.0. The molecule has 0 amide bonds. The zero-order valence-electron chi connectivity index (χ0n) is 12.7. The molecule has 0 bridgehead atoms. The van der Waals surface area contributed by atoms with E-state index in [2.05, 4.69) is 34.9 Å². The first-order valence-corrected chi connectivity index (χ1v) is 7.67. The third-order valence-corrected chi connectivity index (χ3v) is 4.11. The number of nitrogens with one attached hydrogen (secondary N) is 2. The van der Waals surface area contributed by atoms with Crippen molar-refractivity contribution in [2.24, 2.45) is 11.0 Å². The van der Waals surface area contributed by atoms with Crippen molar-refractivity contribution < 1.29 is 9.47 Å². The summed E-state index contributed by atoms with van der Waals surface area (Å²) in [5.74, 6) is 2.04. The van der Waals surface area contributed by atoms with Crippen LogP contribution in [0.3, 0.4) is 0 Å². The Labute approximate surface area is 125 Å². The molecule has 2 N–H and O–H groups in total. The molecule has 0 aliphatic carbocycles. The molecule has 2 aliphatic heterocycles. The molecule has 2 aliphatic rings. The zero-order valence-corrected chi connectivity index (χ0v) is 12.7. The van der Waals surface area contributed by atoms with Crippen LogP contribution in [0.25, 0.3) is 0 Å². The average Bonchev–Trinajstić information content (AvgIpc) is 2.96. The summed E-state index contributed by atoms with van der Waals surface area (Å²) >= 11 is 0. The Morgan fingerprint density at radius 1 is 1.33 bits per heavy atom. The summed E-state index contributed by atoms with van der Waals surface area (Å²) in [5.41, 5.74) is 5.77. The maximum Gasteiger partial charge on any atom is 0.161 e. The monoisotopic (exact) mass is 289 g/mol. The van der Waals surface area contributed by atoms with Crippen LogP contribution in [0.1, 0.15) is 31.4 Å². The van der Waals surface area contributed by atoms with Gasteiger partial charge in [-0.1, -0.05) is 13.0 Å². The first-order chi connectivity index (χ1) is 10.3. The highest BCUT2D eigenvalue weighted by Gasteiger charge is 2.34. The van der Waals surface area contributed by atoms with Crippen LogP contribution in [0, 0.1) is 5.92 Å². The van der Waals surface area contributed by atoms with Crippen LogP contribution < -0.4 is 20.2 Å². The number of hydrogen-bond acceptors (Lipinski definition) is 5. The van der Waals surface area contributed by atoms with Gasteiger partial charge in [-0.15, -0.1) is 0 Å². The molecule has 114 valence electrons. The molecular formula is C16H23N3O2. The van der Waals surface area contributed by atoms with Gasteiger partial charge in [0.15, 0.2) is 11.5 Å². The molecular weight excluding hydrogens is 266 g/mol. The summed E-state index contributed by atoms with van der Waals surface area (Å²) in [5, 5.41) is 7.96. The van der Waals surface area contributed by atoms with Gasteiger partial charge in [0.05, 0.1) is 19.8 Å². The lowest BCUT2D eigenvalue weighted by Crippen LogP contribution is -2.38. The molecule has 21 heavy (non-hydrogen) atoms. The molecule has 1 saturated heterocycles. The molecule has 1 fully saturated rings. The predicted octanol–water partition coefficient (Wildman–Crippen LogP) is 2.09. The van der Waals surface area contributed by atoms with E-state index in [9.17, 15) is 0 Å². The van der Waals surface area contributed by atoms with Gasteiger partial charge in [-0.2, -0.15) is 5.10 Å². The number of fused-ring (bicyclic) bond motifs is 1. The number of ether oxygens (including phenoxy) is 2. The van der Waals surface area contributed by atoms with Gasteiger partial charge in [-0.05, 0) is 24.1 Å². The molecule has 2 atom stereocenters. The van der Waals surface area contributed by atoms with E-state index >= 15 is 0 Å². The van der Waals surface area contributed by atoms with E-state index in [1.165, 1.54) is 11.3 Å². The van der Waals surface area contributed by atoms with Crippen LogP contribution in [0.4, 0.5) is 0 Å². The van der Waals surface area contributed by atoms with Gasteiger partial charge in [0, 0.05) is 31.1 Å². The number of benzene rings is 1. The number of hydrazone groups is 1. The third-order valence-electron chi connectivity index (χ3n) is 4.11. The van der Waals surface area contributed by atoms with Gasteiger partial charge >= 0.3 is 0 Å². The SMILES string of the molecule is CCCOc1cc(C2NN=C3CCNCC32)ccc1OC. The second-order valence-electron chi connectivity index (χ2n) is 5.53.